The average Bonchev–Trinajstić information content (AvgIpc) is 3.44. The molecule has 4 N–H and O–H groups in total. The highest BCUT2D eigenvalue weighted by atomic mass is 16.5. The lowest BCUT2D eigenvalue weighted by molar-refractivity contribution is -0.119. The minimum Gasteiger partial charge on any atom is -0.508 e. The predicted octanol–water partition coefficient (Wildman–Crippen LogP) is 6.55. The van der Waals surface area contributed by atoms with Gasteiger partial charge in [-0.25, -0.2) is 4.98 Å². The van der Waals surface area contributed by atoms with Crippen LogP contribution in [0.1, 0.15) is 60.5 Å². The van der Waals surface area contributed by atoms with Crippen LogP contribution >= 0.6 is 0 Å². The van der Waals surface area contributed by atoms with E-state index in [0.29, 0.717) is 40.2 Å². The minimum absolute atomic E-state index is 0.0989. The summed E-state index contributed by atoms with van der Waals surface area (Å²) in [6.07, 6.45) is 1.73. The van der Waals surface area contributed by atoms with Crippen LogP contribution in [-0.2, 0) is 17.6 Å². The van der Waals surface area contributed by atoms with Gasteiger partial charge >= 0.3 is 0 Å². The fourth-order valence-electron chi connectivity index (χ4n) is 6.38. The van der Waals surface area contributed by atoms with Gasteiger partial charge in [-0.2, -0.15) is 0 Å². The summed E-state index contributed by atoms with van der Waals surface area (Å²) < 4.78 is 13.9. The molecule has 256 valence electrons. The molecule has 0 bridgehead atoms. The largest absolute Gasteiger partial charge is 0.508 e. The zero-order chi connectivity index (χ0) is 35.5. The molecular weight excluding hydrogens is 632 g/mol. The lowest BCUT2D eigenvalue weighted by Crippen LogP contribution is -2.45. The molecule has 2 aromatic heterocycles. The Morgan fingerprint density at radius 2 is 1.62 bits per heavy atom. The summed E-state index contributed by atoms with van der Waals surface area (Å²) in [6, 6.07) is 25.2. The van der Waals surface area contributed by atoms with Crippen LogP contribution in [0, 0.1) is 5.92 Å². The summed E-state index contributed by atoms with van der Waals surface area (Å²) in [5.41, 5.74) is 10.2. The molecule has 0 aliphatic heterocycles. The summed E-state index contributed by atoms with van der Waals surface area (Å²) in [7, 11) is 1.65. The van der Waals surface area contributed by atoms with Crippen molar-refractivity contribution in [3.05, 3.63) is 124 Å². The van der Waals surface area contributed by atoms with Gasteiger partial charge < -0.3 is 29.9 Å². The Balaban J connectivity index is 1.30. The molecule has 0 fully saturated rings. The number of phenolic OH excluding ortho intramolecular Hbond substituents is 1. The van der Waals surface area contributed by atoms with Crippen LogP contribution in [0.3, 0.4) is 0 Å². The Hall–Kier alpha value is -5.90. The lowest BCUT2D eigenvalue weighted by Gasteiger charge is -2.20. The maximum absolute atomic E-state index is 13.4. The number of aromatic hydroxyl groups is 1. The van der Waals surface area contributed by atoms with Crippen molar-refractivity contribution in [2.24, 2.45) is 11.7 Å². The van der Waals surface area contributed by atoms with E-state index in [1.807, 2.05) is 30.3 Å². The topological polar surface area (TPSA) is 150 Å². The molecule has 6 aromatic rings. The van der Waals surface area contributed by atoms with Gasteiger partial charge in [0.25, 0.3) is 5.91 Å². The number of benzene rings is 4. The van der Waals surface area contributed by atoms with Crippen LogP contribution in [0.5, 0.6) is 11.5 Å². The fraction of sp³-hybridized carbons (Fsp3) is 0.250. The number of imidazole rings is 1. The third kappa shape index (κ3) is 7.39. The standard InChI is InChI=1S/C40H40N4O6/c1-23(2)17-24(3)44-34-21-37-31(20-32(34)42-38(44)19-26-7-15-30(49-4)16-8-26)35(46)22-36(50-37)27-9-11-28(12-10-27)40(48)43-33(39(41)47)18-25-5-13-29(45)14-6-25/h5-16,20-24,33,45H,17-19H2,1-4H3,(H2,41,47)(H,43,48)/t24?,33-/m0/s1. The van der Waals surface area contributed by atoms with E-state index in [9.17, 15) is 19.5 Å². The molecular formula is C40H40N4O6. The number of methoxy groups -OCH3 is 1. The molecule has 4 aromatic carbocycles. The summed E-state index contributed by atoms with van der Waals surface area (Å²) in [4.78, 5) is 43.6. The van der Waals surface area contributed by atoms with Gasteiger partial charge in [-0.3, -0.25) is 14.4 Å². The van der Waals surface area contributed by atoms with E-state index in [2.05, 4.69) is 30.7 Å². The second kappa shape index (κ2) is 14.3. The van der Waals surface area contributed by atoms with Gasteiger partial charge in [0.2, 0.25) is 5.91 Å². The molecule has 10 heteroatoms. The number of carbonyl (C=O) groups excluding carboxylic acids is 2. The van der Waals surface area contributed by atoms with E-state index in [4.69, 9.17) is 19.9 Å². The number of rotatable bonds is 12. The molecule has 10 nitrogen and oxygen atoms in total. The summed E-state index contributed by atoms with van der Waals surface area (Å²) >= 11 is 0. The first kappa shape index (κ1) is 34.0. The van der Waals surface area contributed by atoms with Gasteiger partial charge in [-0.05, 0) is 72.9 Å². The Kier molecular flexibility index (Phi) is 9.72. The molecule has 0 aliphatic rings. The Morgan fingerprint density at radius 3 is 2.26 bits per heavy atom. The number of nitrogens with one attached hydrogen (secondary N) is 1. The highest BCUT2D eigenvalue weighted by Crippen LogP contribution is 2.31. The van der Waals surface area contributed by atoms with Crippen molar-refractivity contribution in [1.29, 1.82) is 0 Å². The molecule has 6 rings (SSSR count). The molecule has 2 heterocycles. The van der Waals surface area contributed by atoms with Crippen LogP contribution < -0.4 is 21.2 Å². The van der Waals surface area contributed by atoms with E-state index in [0.717, 1.165) is 40.2 Å². The maximum Gasteiger partial charge on any atom is 0.251 e. The third-order valence-electron chi connectivity index (χ3n) is 8.84. The molecule has 0 spiro atoms. The zero-order valence-corrected chi connectivity index (χ0v) is 28.5. The highest BCUT2D eigenvalue weighted by Gasteiger charge is 2.22. The summed E-state index contributed by atoms with van der Waals surface area (Å²) in [5.74, 6) is 1.46. The SMILES string of the molecule is COc1ccc(Cc2nc3cc4c(=O)cc(-c5ccc(C(=O)N[C@@H](Cc6ccc(O)cc6)C(N)=O)cc5)oc4cc3n2C(C)CC(C)C)cc1. The van der Waals surface area contributed by atoms with Gasteiger partial charge in [0.05, 0.1) is 23.5 Å². The first-order valence-corrected chi connectivity index (χ1v) is 16.6. The second-order valence-electron chi connectivity index (χ2n) is 13.1. The van der Waals surface area contributed by atoms with E-state index < -0.39 is 17.9 Å². The number of primary amides is 1. The number of carbonyl (C=O) groups is 2. The predicted molar refractivity (Wildman–Crippen MR) is 193 cm³/mol. The number of amides is 2. The molecule has 50 heavy (non-hydrogen) atoms. The average molecular weight is 673 g/mol. The zero-order valence-electron chi connectivity index (χ0n) is 28.5. The van der Waals surface area contributed by atoms with E-state index >= 15 is 0 Å². The summed E-state index contributed by atoms with van der Waals surface area (Å²) in [6.45, 7) is 6.58. The number of nitrogens with zero attached hydrogens (tertiary/aromatic N) is 2. The first-order valence-electron chi connectivity index (χ1n) is 16.6. The minimum atomic E-state index is -0.949. The van der Waals surface area contributed by atoms with Crippen LogP contribution in [-0.4, -0.2) is 39.6 Å². The van der Waals surface area contributed by atoms with Crippen LogP contribution in [0.15, 0.2) is 100 Å². The molecule has 0 radical (unpaired) electrons. The first-order chi connectivity index (χ1) is 24.0. The smallest absolute Gasteiger partial charge is 0.251 e. The van der Waals surface area contributed by atoms with Crippen LogP contribution in [0.25, 0.3) is 33.3 Å². The quantitative estimate of drug-likeness (QED) is 0.133. The number of aromatic nitrogens is 2. The van der Waals surface area contributed by atoms with Crippen molar-refractivity contribution in [2.45, 2.75) is 52.1 Å². The number of nitrogens with two attached hydrogens (primary N) is 1. The molecule has 0 saturated carbocycles. The van der Waals surface area contributed by atoms with Crippen molar-refractivity contribution in [2.75, 3.05) is 7.11 Å². The Morgan fingerprint density at radius 1 is 0.940 bits per heavy atom. The third-order valence-corrected chi connectivity index (χ3v) is 8.84. The molecule has 0 saturated heterocycles. The van der Waals surface area contributed by atoms with Crippen LogP contribution in [0.4, 0.5) is 0 Å². The van der Waals surface area contributed by atoms with Crippen molar-refractivity contribution in [3.8, 4) is 22.8 Å². The molecule has 2 amide bonds. The van der Waals surface area contributed by atoms with Gasteiger partial charge in [-0.1, -0.05) is 50.2 Å². The Bertz CT molecular complexity index is 2220. The molecule has 2 atom stereocenters. The number of ether oxygens (including phenoxy) is 1. The number of phenols is 1. The second-order valence-corrected chi connectivity index (χ2v) is 13.1. The van der Waals surface area contributed by atoms with Gasteiger partial charge in [0.15, 0.2) is 5.43 Å². The van der Waals surface area contributed by atoms with Crippen molar-refractivity contribution >= 4 is 33.8 Å². The van der Waals surface area contributed by atoms with Crippen LogP contribution in [0.2, 0.25) is 0 Å². The lowest BCUT2D eigenvalue weighted by atomic mass is 10.0. The van der Waals surface area contributed by atoms with E-state index in [-0.39, 0.29) is 23.6 Å². The van der Waals surface area contributed by atoms with Crippen molar-refractivity contribution in [1.82, 2.24) is 14.9 Å². The van der Waals surface area contributed by atoms with Crippen molar-refractivity contribution < 1.29 is 23.8 Å². The fourth-order valence-corrected chi connectivity index (χ4v) is 6.38. The normalized spacial score (nSPS) is 12.7. The summed E-state index contributed by atoms with van der Waals surface area (Å²) in [5, 5.41) is 12.7. The number of hydrogen-bond acceptors (Lipinski definition) is 7. The van der Waals surface area contributed by atoms with Gasteiger partial charge in [0.1, 0.15) is 34.7 Å². The Labute approximate surface area is 289 Å². The monoisotopic (exact) mass is 672 g/mol. The van der Waals surface area contributed by atoms with Gasteiger partial charge in [0, 0.05) is 42.1 Å². The maximum atomic E-state index is 13.4. The van der Waals surface area contributed by atoms with E-state index in [1.165, 1.54) is 18.2 Å². The van der Waals surface area contributed by atoms with Gasteiger partial charge in [-0.15, -0.1) is 0 Å². The highest BCUT2D eigenvalue weighted by molar-refractivity contribution is 5.98. The number of hydrogen-bond donors (Lipinski definition) is 3. The molecule has 0 aliphatic carbocycles. The van der Waals surface area contributed by atoms with Crippen molar-refractivity contribution in [3.63, 3.8) is 0 Å². The number of fused-ring (bicyclic) bond motifs is 2. The van der Waals surface area contributed by atoms with E-state index in [1.54, 1.807) is 49.6 Å². The molecule has 1 unspecified atom stereocenters.